The van der Waals surface area contributed by atoms with Crippen LogP contribution in [0, 0.1) is 6.92 Å². The fourth-order valence-electron chi connectivity index (χ4n) is 2.60. The minimum atomic E-state index is -2.88. The summed E-state index contributed by atoms with van der Waals surface area (Å²) in [4.78, 5) is 8.01. The second-order valence-electron chi connectivity index (χ2n) is 5.38. The first-order valence-corrected chi connectivity index (χ1v) is 9.65. The van der Waals surface area contributed by atoms with E-state index in [2.05, 4.69) is 29.0 Å². The lowest BCUT2D eigenvalue weighted by molar-refractivity contribution is 0.568. The molecule has 2 rings (SSSR count). The van der Waals surface area contributed by atoms with Crippen molar-refractivity contribution in [2.45, 2.75) is 39.8 Å². The SMILES string of the molecule is CCNC(C)c1sc(N2CCS(=O)(=O)CC2C)nc1C. The van der Waals surface area contributed by atoms with Gasteiger partial charge in [-0.2, -0.15) is 0 Å². The number of sulfone groups is 1. The first kappa shape index (κ1) is 15.7. The number of hydrogen-bond acceptors (Lipinski definition) is 6. The summed E-state index contributed by atoms with van der Waals surface area (Å²) in [6, 6.07) is 0.289. The summed E-state index contributed by atoms with van der Waals surface area (Å²) >= 11 is 1.68. The summed E-state index contributed by atoms with van der Waals surface area (Å²) in [6.45, 7) is 9.68. The van der Waals surface area contributed by atoms with Crippen molar-refractivity contribution in [1.82, 2.24) is 10.3 Å². The molecule has 2 heterocycles. The Morgan fingerprint density at radius 3 is 2.85 bits per heavy atom. The van der Waals surface area contributed by atoms with Crippen LogP contribution in [0.3, 0.4) is 0 Å². The predicted octanol–water partition coefficient (Wildman–Crippen LogP) is 1.75. The monoisotopic (exact) mass is 317 g/mol. The molecule has 2 atom stereocenters. The van der Waals surface area contributed by atoms with Crippen molar-refractivity contribution in [2.24, 2.45) is 0 Å². The average Bonchev–Trinajstić information content (AvgIpc) is 2.70. The molecule has 7 heteroatoms. The van der Waals surface area contributed by atoms with Crippen molar-refractivity contribution in [3.63, 3.8) is 0 Å². The van der Waals surface area contributed by atoms with Crippen molar-refractivity contribution in [1.29, 1.82) is 0 Å². The van der Waals surface area contributed by atoms with E-state index < -0.39 is 9.84 Å². The van der Waals surface area contributed by atoms with E-state index >= 15 is 0 Å². The number of nitrogens with zero attached hydrogens (tertiary/aromatic N) is 2. The van der Waals surface area contributed by atoms with Crippen molar-refractivity contribution in [2.75, 3.05) is 29.5 Å². The average molecular weight is 317 g/mol. The minimum absolute atomic E-state index is 0.00147. The van der Waals surface area contributed by atoms with E-state index in [-0.39, 0.29) is 23.6 Å². The van der Waals surface area contributed by atoms with E-state index in [0.29, 0.717) is 6.54 Å². The van der Waals surface area contributed by atoms with Gasteiger partial charge in [-0.1, -0.05) is 6.92 Å². The van der Waals surface area contributed by atoms with Gasteiger partial charge in [0, 0.05) is 23.5 Å². The normalized spacial score (nSPS) is 23.8. The van der Waals surface area contributed by atoms with Gasteiger partial charge in [0.15, 0.2) is 15.0 Å². The van der Waals surface area contributed by atoms with E-state index in [1.165, 1.54) is 4.88 Å². The van der Waals surface area contributed by atoms with Gasteiger partial charge in [0.2, 0.25) is 0 Å². The standard InChI is InChI=1S/C13H23N3O2S2/c1-5-14-10(3)12-11(4)15-13(19-12)16-6-7-20(17,18)8-9(16)2/h9-10,14H,5-8H2,1-4H3. The predicted molar refractivity (Wildman–Crippen MR) is 84.4 cm³/mol. The molecule has 114 valence electrons. The molecule has 1 saturated heterocycles. The van der Waals surface area contributed by atoms with Crippen LogP contribution in [0.15, 0.2) is 0 Å². The quantitative estimate of drug-likeness (QED) is 0.916. The summed E-state index contributed by atoms with van der Waals surface area (Å²) in [5, 5.41) is 4.35. The number of aromatic nitrogens is 1. The van der Waals surface area contributed by atoms with Crippen molar-refractivity contribution in [3.8, 4) is 0 Å². The largest absolute Gasteiger partial charge is 0.343 e. The Hall–Kier alpha value is -0.660. The van der Waals surface area contributed by atoms with Crippen LogP contribution in [0.2, 0.25) is 0 Å². The zero-order chi connectivity index (χ0) is 14.9. The molecule has 1 N–H and O–H groups in total. The topological polar surface area (TPSA) is 62.3 Å². The third-order valence-corrected chi connectivity index (χ3v) is 6.81. The van der Waals surface area contributed by atoms with Crippen LogP contribution in [0.5, 0.6) is 0 Å². The Kier molecular flexibility index (Phi) is 4.71. The third-order valence-electron chi connectivity index (χ3n) is 3.64. The van der Waals surface area contributed by atoms with Crippen LogP contribution in [0.1, 0.15) is 37.4 Å². The lowest BCUT2D eigenvalue weighted by atomic mass is 10.2. The molecule has 0 spiro atoms. The highest BCUT2D eigenvalue weighted by molar-refractivity contribution is 7.91. The van der Waals surface area contributed by atoms with E-state index in [9.17, 15) is 8.42 Å². The maximum absolute atomic E-state index is 11.6. The van der Waals surface area contributed by atoms with Gasteiger partial charge in [-0.25, -0.2) is 13.4 Å². The van der Waals surface area contributed by atoms with Crippen LogP contribution < -0.4 is 10.2 Å². The van der Waals surface area contributed by atoms with Gasteiger partial charge in [-0.05, 0) is 27.3 Å². The third kappa shape index (κ3) is 3.32. The maximum Gasteiger partial charge on any atom is 0.186 e. The molecule has 0 aromatic carbocycles. The highest BCUT2D eigenvalue weighted by Crippen LogP contribution is 2.32. The molecule has 1 aromatic rings. The molecule has 0 aliphatic carbocycles. The molecule has 20 heavy (non-hydrogen) atoms. The van der Waals surface area contributed by atoms with E-state index in [1.807, 2.05) is 13.8 Å². The molecule has 1 fully saturated rings. The first-order valence-electron chi connectivity index (χ1n) is 7.02. The lowest BCUT2D eigenvalue weighted by Crippen LogP contribution is -2.47. The first-order chi connectivity index (χ1) is 9.34. The Morgan fingerprint density at radius 1 is 1.55 bits per heavy atom. The zero-order valence-corrected chi connectivity index (χ0v) is 14.1. The summed E-state index contributed by atoms with van der Waals surface area (Å²) in [6.07, 6.45) is 0. The van der Waals surface area contributed by atoms with E-state index in [1.54, 1.807) is 11.3 Å². The molecule has 1 aliphatic rings. The molecule has 1 aliphatic heterocycles. The molecule has 0 saturated carbocycles. The van der Waals surface area contributed by atoms with Crippen molar-refractivity contribution in [3.05, 3.63) is 10.6 Å². The van der Waals surface area contributed by atoms with Gasteiger partial charge in [-0.3, -0.25) is 0 Å². The second kappa shape index (κ2) is 5.99. The minimum Gasteiger partial charge on any atom is -0.343 e. The fraction of sp³-hybridized carbons (Fsp3) is 0.769. The van der Waals surface area contributed by atoms with Crippen LogP contribution >= 0.6 is 11.3 Å². The fourth-order valence-corrected chi connectivity index (χ4v) is 5.38. The zero-order valence-electron chi connectivity index (χ0n) is 12.5. The number of thiazole rings is 1. The van der Waals surface area contributed by atoms with Crippen LogP contribution in [0.25, 0.3) is 0 Å². The Labute approximate surface area is 125 Å². The molecule has 5 nitrogen and oxygen atoms in total. The van der Waals surface area contributed by atoms with Crippen molar-refractivity contribution >= 4 is 26.3 Å². The lowest BCUT2D eigenvalue weighted by Gasteiger charge is -2.32. The van der Waals surface area contributed by atoms with Crippen LogP contribution in [-0.2, 0) is 9.84 Å². The smallest absolute Gasteiger partial charge is 0.186 e. The van der Waals surface area contributed by atoms with Gasteiger partial charge in [-0.15, -0.1) is 11.3 Å². The van der Waals surface area contributed by atoms with Gasteiger partial charge in [0.1, 0.15) is 0 Å². The highest BCUT2D eigenvalue weighted by atomic mass is 32.2. The molecule has 1 aromatic heterocycles. The highest BCUT2D eigenvalue weighted by Gasteiger charge is 2.30. The maximum atomic E-state index is 11.6. The second-order valence-corrected chi connectivity index (χ2v) is 8.62. The molecule has 0 amide bonds. The molecular formula is C13H23N3O2S2. The number of nitrogens with one attached hydrogen (secondary N) is 1. The van der Waals surface area contributed by atoms with Crippen molar-refractivity contribution < 1.29 is 8.42 Å². The number of rotatable bonds is 4. The Bertz CT molecular complexity index is 568. The molecule has 0 bridgehead atoms. The van der Waals surface area contributed by atoms with Crippen LogP contribution in [-0.4, -0.2) is 44.0 Å². The molecular weight excluding hydrogens is 294 g/mol. The van der Waals surface area contributed by atoms with Gasteiger partial charge in [0.25, 0.3) is 0 Å². The van der Waals surface area contributed by atoms with E-state index in [4.69, 9.17) is 0 Å². The number of anilines is 1. The van der Waals surface area contributed by atoms with Gasteiger partial charge >= 0.3 is 0 Å². The Morgan fingerprint density at radius 2 is 2.25 bits per heavy atom. The Balaban J connectivity index is 2.20. The molecule has 2 unspecified atom stereocenters. The van der Waals surface area contributed by atoms with Gasteiger partial charge < -0.3 is 10.2 Å². The number of aryl methyl sites for hydroxylation is 1. The summed E-state index contributed by atoms with van der Waals surface area (Å²) in [5.74, 6) is 0.456. The summed E-state index contributed by atoms with van der Waals surface area (Å²) in [7, 11) is -2.88. The summed E-state index contributed by atoms with van der Waals surface area (Å²) < 4.78 is 23.3. The van der Waals surface area contributed by atoms with Gasteiger partial charge in [0.05, 0.1) is 17.2 Å². The molecule has 0 radical (unpaired) electrons. The number of hydrogen-bond donors (Lipinski definition) is 1. The van der Waals surface area contributed by atoms with Crippen LogP contribution in [0.4, 0.5) is 5.13 Å². The summed E-state index contributed by atoms with van der Waals surface area (Å²) in [5.41, 5.74) is 1.04. The van der Waals surface area contributed by atoms with E-state index in [0.717, 1.165) is 17.4 Å².